The van der Waals surface area contributed by atoms with Gasteiger partial charge in [0.15, 0.2) is 0 Å². The first-order valence-corrected chi connectivity index (χ1v) is 8.37. The number of carbonyl (C=O) groups excluding carboxylic acids is 2. The van der Waals surface area contributed by atoms with Gasteiger partial charge in [-0.15, -0.1) is 0 Å². The largest absolute Gasteiger partial charge is 0.327 e. The fourth-order valence-electron chi connectivity index (χ4n) is 3.30. The molecule has 3 amide bonds. The van der Waals surface area contributed by atoms with Gasteiger partial charge in [0.05, 0.1) is 0 Å². The van der Waals surface area contributed by atoms with Crippen molar-refractivity contribution in [3.63, 3.8) is 0 Å². The third-order valence-corrected chi connectivity index (χ3v) is 4.75. The molecule has 2 aliphatic rings. The summed E-state index contributed by atoms with van der Waals surface area (Å²) in [4.78, 5) is 31.1. The average Bonchev–Trinajstić information content (AvgIpc) is 2.64. The summed E-state index contributed by atoms with van der Waals surface area (Å²) in [7, 11) is 3.92. The van der Waals surface area contributed by atoms with Crippen LogP contribution in [0.2, 0.25) is 0 Å². The number of nitrogens with one attached hydrogen (secondary N) is 1. The van der Waals surface area contributed by atoms with Gasteiger partial charge in [-0.2, -0.15) is 0 Å². The molecule has 0 bridgehead atoms. The zero-order chi connectivity index (χ0) is 16.3. The molecule has 0 aromatic carbocycles. The quantitative estimate of drug-likeness (QED) is 0.743. The van der Waals surface area contributed by atoms with E-state index in [0.29, 0.717) is 25.6 Å². The highest BCUT2D eigenvalue weighted by Gasteiger charge is 2.56. The maximum absolute atomic E-state index is 13.0. The van der Waals surface area contributed by atoms with E-state index in [9.17, 15) is 9.59 Å². The van der Waals surface area contributed by atoms with Gasteiger partial charge in [0.25, 0.3) is 5.91 Å². The third-order valence-electron chi connectivity index (χ3n) is 4.75. The zero-order valence-corrected chi connectivity index (χ0v) is 14.4. The van der Waals surface area contributed by atoms with Gasteiger partial charge in [-0.1, -0.05) is 13.8 Å². The number of carbonyl (C=O) groups is 2. The van der Waals surface area contributed by atoms with E-state index < -0.39 is 5.54 Å². The fourth-order valence-corrected chi connectivity index (χ4v) is 3.30. The Morgan fingerprint density at radius 2 is 1.82 bits per heavy atom. The molecule has 126 valence electrons. The molecule has 2 saturated heterocycles. The van der Waals surface area contributed by atoms with Crippen LogP contribution < -0.4 is 5.32 Å². The van der Waals surface area contributed by atoms with Crippen molar-refractivity contribution in [1.29, 1.82) is 0 Å². The topological polar surface area (TPSA) is 55.9 Å². The lowest BCUT2D eigenvalue weighted by molar-refractivity contribution is -0.134. The lowest BCUT2D eigenvalue weighted by Gasteiger charge is -2.38. The minimum absolute atomic E-state index is 0.0182. The predicted octanol–water partition coefficient (Wildman–Crippen LogP) is 0.981. The van der Waals surface area contributed by atoms with Crippen molar-refractivity contribution in [1.82, 2.24) is 20.0 Å². The Bertz CT molecular complexity index is 416. The zero-order valence-electron chi connectivity index (χ0n) is 14.4. The smallest absolute Gasteiger partial charge is 0.317 e. The molecule has 2 aliphatic heterocycles. The number of rotatable bonds is 6. The normalized spacial score (nSPS) is 21.7. The summed E-state index contributed by atoms with van der Waals surface area (Å²) in [6, 6.07) is -0.0885. The van der Waals surface area contributed by atoms with Crippen LogP contribution in [-0.4, -0.2) is 79.0 Å². The monoisotopic (exact) mass is 310 g/mol. The second kappa shape index (κ2) is 6.96. The first kappa shape index (κ1) is 17.2. The fraction of sp³-hybridized carbons (Fsp3) is 0.875. The molecule has 0 aromatic rings. The van der Waals surface area contributed by atoms with E-state index in [1.807, 2.05) is 23.9 Å². The van der Waals surface area contributed by atoms with E-state index in [1.54, 1.807) is 0 Å². The van der Waals surface area contributed by atoms with Gasteiger partial charge in [0.2, 0.25) is 0 Å². The van der Waals surface area contributed by atoms with Gasteiger partial charge in [0, 0.05) is 19.6 Å². The number of urea groups is 1. The van der Waals surface area contributed by atoms with Gasteiger partial charge < -0.3 is 15.1 Å². The second-order valence-corrected chi connectivity index (χ2v) is 7.16. The number of imide groups is 1. The van der Waals surface area contributed by atoms with E-state index in [-0.39, 0.29) is 11.9 Å². The Hall–Kier alpha value is -1.14. The molecule has 0 radical (unpaired) electrons. The highest BCUT2D eigenvalue weighted by atomic mass is 16.2. The highest BCUT2D eigenvalue weighted by Crippen LogP contribution is 2.35. The Labute approximate surface area is 133 Å². The van der Waals surface area contributed by atoms with E-state index in [1.165, 1.54) is 4.90 Å². The maximum atomic E-state index is 13.0. The number of hydrogen-bond donors (Lipinski definition) is 1. The minimum Gasteiger partial charge on any atom is -0.317 e. The first-order valence-electron chi connectivity index (χ1n) is 8.37. The van der Waals surface area contributed by atoms with Gasteiger partial charge >= 0.3 is 6.03 Å². The van der Waals surface area contributed by atoms with Crippen LogP contribution in [0.5, 0.6) is 0 Å². The molecule has 0 aliphatic carbocycles. The van der Waals surface area contributed by atoms with Gasteiger partial charge in [0.1, 0.15) is 5.54 Å². The van der Waals surface area contributed by atoms with Crippen molar-refractivity contribution in [3.8, 4) is 0 Å². The summed E-state index contributed by atoms with van der Waals surface area (Å²) in [6.45, 7) is 7.79. The molecule has 2 heterocycles. The molecule has 2 rings (SSSR count). The Morgan fingerprint density at radius 3 is 2.36 bits per heavy atom. The van der Waals surface area contributed by atoms with Gasteiger partial charge in [-0.25, -0.2) is 4.79 Å². The molecule has 0 saturated carbocycles. The van der Waals surface area contributed by atoms with Crippen LogP contribution >= 0.6 is 0 Å². The Balaban J connectivity index is 2.19. The van der Waals surface area contributed by atoms with E-state index in [2.05, 4.69) is 19.2 Å². The van der Waals surface area contributed by atoms with E-state index >= 15 is 0 Å². The van der Waals surface area contributed by atoms with E-state index in [0.717, 1.165) is 32.4 Å². The molecule has 1 N–H and O–H groups in total. The molecule has 0 unspecified atom stereocenters. The number of nitrogens with zero attached hydrogens (tertiary/aromatic N) is 3. The molecule has 1 spiro atoms. The van der Waals surface area contributed by atoms with Crippen molar-refractivity contribution < 1.29 is 9.59 Å². The number of likely N-dealkylation sites (N-methyl/N-ethyl adjacent to an activating group) is 1. The molecule has 6 nitrogen and oxygen atoms in total. The lowest BCUT2D eigenvalue weighted by atomic mass is 9.86. The molecule has 6 heteroatoms. The van der Waals surface area contributed by atoms with Crippen molar-refractivity contribution in [2.75, 3.05) is 46.8 Å². The van der Waals surface area contributed by atoms with Crippen molar-refractivity contribution in [2.45, 2.75) is 38.6 Å². The molecule has 0 aromatic heterocycles. The van der Waals surface area contributed by atoms with Crippen LogP contribution in [-0.2, 0) is 4.79 Å². The highest BCUT2D eigenvalue weighted by molar-refractivity contribution is 6.07. The number of hydrogen-bond acceptors (Lipinski definition) is 4. The average molecular weight is 310 g/mol. The number of amides is 3. The summed E-state index contributed by atoms with van der Waals surface area (Å²) in [5.74, 6) is 0.544. The van der Waals surface area contributed by atoms with Crippen LogP contribution in [0, 0.1) is 5.92 Å². The van der Waals surface area contributed by atoms with E-state index in [4.69, 9.17) is 0 Å². The third kappa shape index (κ3) is 3.27. The second-order valence-electron chi connectivity index (χ2n) is 7.16. The first-order chi connectivity index (χ1) is 10.4. The van der Waals surface area contributed by atoms with Crippen LogP contribution in [0.15, 0.2) is 0 Å². The molecular formula is C16H30N4O2. The van der Waals surface area contributed by atoms with Crippen LogP contribution in [0.3, 0.4) is 0 Å². The lowest BCUT2D eigenvalue weighted by Crippen LogP contribution is -2.56. The summed E-state index contributed by atoms with van der Waals surface area (Å²) in [5, 5.41) is 3.30. The summed E-state index contributed by atoms with van der Waals surface area (Å²) < 4.78 is 0. The predicted molar refractivity (Wildman–Crippen MR) is 86.7 cm³/mol. The Morgan fingerprint density at radius 1 is 1.18 bits per heavy atom. The SMILES string of the molecule is CC(C)CCN1C(=O)N(CCN(C)C)C(=O)C12CCNCC2. The van der Waals surface area contributed by atoms with Crippen LogP contribution in [0.25, 0.3) is 0 Å². The number of piperidine rings is 1. The summed E-state index contributed by atoms with van der Waals surface area (Å²) in [5.41, 5.74) is -0.594. The summed E-state index contributed by atoms with van der Waals surface area (Å²) >= 11 is 0. The molecule has 0 atom stereocenters. The molecule has 22 heavy (non-hydrogen) atoms. The van der Waals surface area contributed by atoms with Gasteiger partial charge in [-0.05, 0) is 52.4 Å². The maximum Gasteiger partial charge on any atom is 0.327 e. The molecule has 2 fully saturated rings. The molecular weight excluding hydrogens is 280 g/mol. The van der Waals surface area contributed by atoms with Crippen molar-refractivity contribution >= 4 is 11.9 Å². The summed E-state index contributed by atoms with van der Waals surface area (Å²) in [6.07, 6.45) is 2.40. The van der Waals surface area contributed by atoms with Crippen LogP contribution in [0.4, 0.5) is 4.79 Å². The minimum atomic E-state index is -0.594. The van der Waals surface area contributed by atoms with Crippen molar-refractivity contribution in [3.05, 3.63) is 0 Å². The standard InChI is InChI=1S/C16H30N4O2/c1-13(2)5-10-20-15(22)19(12-11-18(3)4)14(21)16(20)6-8-17-9-7-16/h13,17H,5-12H2,1-4H3. The van der Waals surface area contributed by atoms with Crippen molar-refractivity contribution in [2.24, 2.45) is 5.92 Å². The Kier molecular flexibility index (Phi) is 5.45. The van der Waals surface area contributed by atoms with Crippen LogP contribution in [0.1, 0.15) is 33.1 Å². The van der Waals surface area contributed by atoms with Gasteiger partial charge in [-0.3, -0.25) is 9.69 Å².